The van der Waals surface area contributed by atoms with Gasteiger partial charge in [-0.25, -0.2) is 0 Å². The molecule has 0 fully saturated rings. The van der Waals surface area contributed by atoms with Crippen molar-refractivity contribution < 1.29 is 18.1 Å². The average molecular weight is 230 g/mol. The standard InChI is InChI=1S/C10H14O4S/c1-3-4-9-7(2)5-8(6-10(9)11)15(12,13)14/h5-6,11H,3-4H2,1-2H3,(H,12,13,14). The van der Waals surface area contributed by atoms with Crippen LogP contribution in [0.5, 0.6) is 5.75 Å². The molecule has 1 aromatic rings. The second kappa shape index (κ2) is 4.20. The second-order valence-electron chi connectivity index (χ2n) is 3.46. The highest BCUT2D eigenvalue weighted by molar-refractivity contribution is 7.85. The van der Waals surface area contributed by atoms with Gasteiger partial charge in [0, 0.05) is 6.07 Å². The maximum absolute atomic E-state index is 10.9. The van der Waals surface area contributed by atoms with Gasteiger partial charge in [-0.3, -0.25) is 4.55 Å². The third kappa shape index (κ3) is 2.70. The van der Waals surface area contributed by atoms with E-state index < -0.39 is 10.1 Å². The summed E-state index contributed by atoms with van der Waals surface area (Å²) in [5.41, 5.74) is 1.40. The number of aromatic hydroxyl groups is 1. The van der Waals surface area contributed by atoms with Crippen molar-refractivity contribution in [2.45, 2.75) is 31.6 Å². The normalized spacial score (nSPS) is 11.7. The lowest BCUT2D eigenvalue weighted by Crippen LogP contribution is -2.00. The summed E-state index contributed by atoms with van der Waals surface area (Å²) in [5, 5.41) is 9.59. The van der Waals surface area contributed by atoms with E-state index in [-0.39, 0.29) is 10.6 Å². The van der Waals surface area contributed by atoms with Gasteiger partial charge in [-0.15, -0.1) is 0 Å². The quantitative estimate of drug-likeness (QED) is 0.778. The summed E-state index contributed by atoms with van der Waals surface area (Å²) in [6.45, 7) is 3.68. The Bertz CT molecular complexity index is 439. The molecule has 0 unspecified atom stereocenters. The van der Waals surface area contributed by atoms with Crippen molar-refractivity contribution in [3.05, 3.63) is 23.3 Å². The minimum atomic E-state index is -4.24. The van der Waals surface area contributed by atoms with Gasteiger partial charge in [-0.1, -0.05) is 13.3 Å². The van der Waals surface area contributed by atoms with E-state index in [1.807, 2.05) is 6.92 Å². The van der Waals surface area contributed by atoms with Crippen molar-refractivity contribution >= 4 is 10.1 Å². The Labute approximate surface area is 89.3 Å². The Hall–Kier alpha value is -1.07. The van der Waals surface area contributed by atoms with E-state index in [0.29, 0.717) is 12.0 Å². The lowest BCUT2D eigenvalue weighted by molar-refractivity contribution is 0.459. The molecule has 0 aliphatic carbocycles. The van der Waals surface area contributed by atoms with E-state index in [2.05, 4.69) is 0 Å². The first-order valence-electron chi connectivity index (χ1n) is 4.66. The predicted molar refractivity (Wildman–Crippen MR) is 56.7 cm³/mol. The summed E-state index contributed by atoms with van der Waals surface area (Å²) in [6, 6.07) is 2.44. The van der Waals surface area contributed by atoms with Gasteiger partial charge in [0.25, 0.3) is 10.1 Å². The van der Waals surface area contributed by atoms with Crippen molar-refractivity contribution in [3.8, 4) is 5.75 Å². The molecule has 0 aliphatic heterocycles. The van der Waals surface area contributed by atoms with Crippen LogP contribution in [0.3, 0.4) is 0 Å². The SMILES string of the molecule is CCCc1c(C)cc(S(=O)(=O)O)cc1O. The number of phenols is 1. The molecule has 0 saturated heterocycles. The summed E-state index contributed by atoms with van der Waals surface area (Å²) in [5.74, 6) is -0.0792. The summed E-state index contributed by atoms with van der Waals surface area (Å²) >= 11 is 0. The topological polar surface area (TPSA) is 74.6 Å². The first kappa shape index (κ1) is 12.0. The highest BCUT2D eigenvalue weighted by Gasteiger charge is 2.14. The van der Waals surface area contributed by atoms with Gasteiger partial charge in [0.05, 0.1) is 4.90 Å². The van der Waals surface area contributed by atoms with Gasteiger partial charge < -0.3 is 5.11 Å². The van der Waals surface area contributed by atoms with Gasteiger partial charge >= 0.3 is 0 Å². The lowest BCUT2D eigenvalue weighted by Gasteiger charge is -2.08. The highest BCUT2D eigenvalue weighted by Crippen LogP contribution is 2.26. The molecule has 0 aromatic heterocycles. The maximum Gasteiger partial charge on any atom is 0.294 e. The molecule has 15 heavy (non-hydrogen) atoms. The summed E-state index contributed by atoms with van der Waals surface area (Å²) in [6.07, 6.45) is 1.54. The van der Waals surface area contributed by atoms with Crippen LogP contribution in [-0.4, -0.2) is 18.1 Å². The maximum atomic E-state index is 10.9. The van der Waals surface area contributed by atoms with E-state index >= 15 is 0 Å². The van der Waals surface area contributed by atoms with Crippen molar-refractivity contribution in [1.29, 1.82) is 0 Å². The van der Waals surface area contributed by atoms with Gasteiger partial charge in [0.2, 0.25) is 0 Å². The van der Waals surface area contributed by atoms with E-state index in [0.717, 1.165) is 18.1 Å². The van der Waals surface area contributed by atoms with E-state index in [1.165, 1.54) is 6.07 Å². The first-order valence-corrected chi connectivity index (χ1v) is 6.10. The molecule has 2 N–H and O–H groups in total. The van der Waals surface area contributed by atoms with Crippen LogP contribution in [0.2, 0.25) is 0 Å². The average Bonchev–Trinajstić information content (AvgIpc) is 2.09. The third-order valence-electron chi connectivity index (χ3n) is 2.22. The van der Waals surface area contributed by atoms with Crippen LogP contribution in [0.15, 0.2) is 17.0 Å². The zero-order valence-corrected chi connectivity index (χ0v) is 9.50. The molecular formula is C10H14O4S. The zero-order valence-electron chi connectivity index (χ0n) is 8.69. The molecule has 5 heteroatoms. The Morgan fingerprint density at radius 1 is 1.33 bits per heavy atom. The number of aryl methyl sites for hydroxylation is 1. The van der Waals surface area contributed by atoms with Gasteiger partial charge in [0.1, 0.15) is 5.75 Å². The first-order chi connectivity index (χ1) is 6.86. The van der Waals surface area contributed by atoms with Crippen LogP contribution in [0.25, 0.3) is 0 Å². The number of hydrogen-bond donors (Lipinski definition) is 2. The molecule has 1 rings (SSSR count). The number of phenolic OH excluding ortho intramolecular Hbond substituents is 1. The molecular weight excluding hydrogens is 216 g/mol. The fourth-order valence-corrected chi connectivity index (χ4v) is 2.08. The molecule has 0 aliphatic rings. The minimum absolute atomic E-state index is 0.0792. The summed E-state index contributed by atoms with van der Waals surface area (Å²) in [7, 11) is -4.24. The number of benzene rings is 1. The number of rotatable bonds is 3. The van der Waals surface area contributed by atoms with Crippen molar-refractivity contribution in [2.24, 2.45) is 0 Å². The molecule has 0 radical (unpaired) electrons. The minimum Gasteiger partial charge on any atom is -0.508 e. The molecule has 0 spiro atoms. The summed E-state index contributed by atoms with van der Waals surface area (Å²) < 4.78 is 30.5. The van der Waals surface area contributed by atoms with Gasteiger partial charge in [0.15, 0.2) is 0 Å². The third-order valence-corrected chi connectivity index (χ3v) is 3.05. The van der Waals surface area contributed by atoms with E-state index in [4.69, 9.17) is 4.55 Å². The molecule has 0 atom stereocenters. The smallest absolute Gasteiger partial charge is 0.294 e. The van der Waals surface area contributed by atoms with Crippen LogP contribution < -0.4 is 0 Å². The Morgan fingerprint density at radius 3 is 2.33 bits per heavy atom. The van der Waals surface area contributed by atoms with Crippen LogP contribution >= 0.6 is 0 Å². The lowest BCUT2D eigenvalue weighted by atomic mass is 10.0. The van der Waals surface area contributed by atoms with Crippen LogP contribution in [-0.2, 0) is 16.5 Å². The Balaban J connectivity index is 3.32. The zero-order chi connectivity index (χ0) is 11.6. The molecule has 0 heterocycles. The fourth-order valence-electron chi connectivity index (χ4n) is 1.49. The van der Waals surface area contributed by atoms with Crippen LogP contribution in [0.4, 0.5) is 0 Å². The molecule has 84 valence electrons. The fraction of sp³-hybridized carbons (Fsp3) is 0.400. The molecule has 0 amide bonds. The van der Waals surface area contributed by atoms with Gasteiger partial charge in [-0.05, 0) is 30.5 Å². The monoisotopic (exact) mass is 230 g/mol. The molecule has 1 aromatic carbocycles. The van der Waals surface area contributed by atoms with E-state index in [1.54, 1.807) is 6.92 Å². The predicted octanol–water partition coefficient (Wildman–Crippen LogP) is 1.90. The molecule has 4 nitrogen and oxygen atoms in total. The Morgan fingerprint density at radius 2 is 1.93 bits per heavy atom. The number of hydrogen-bond acceptors (Lipinski definition) is 3. The van der Waals surface area contributed by atoms with Crippen LogP contribution in [0, 0.1) is 6.92 Å². The van der Waals surface area contributed by atoms with Crippen molar-refractivity contribution in [2.75, 3.05) is 0 Å². The van der Waals surface area contributed by atoms with E-state index in [9.17, 15) is 13.5 Å². The second-order valence-corrected chi connectivity index (χ2v) is 4.88. The molecule has 0 saturated carbocycles. The van der Waals surface area contributed by atoms with Crippen LogP contribution in [0.1, 0.15) is 24.5 Å². The molecule has 0 bridgehead atoms. The van der Waals surface area contributed by atoms with Gasteiger partial charge in [-0.2, -0.15) is 8.42 Å². The van der Waals surface area contributed by atoms with Crippen molar-refractivity contribution in [3.63, 3.8) is 0 Å². The largest absolute Gasteiger partial charge is 0.508 e. The summed E-state index contributed by atoms with van der Waals surface area (Å²) in [4.78, 5) is -0.266. The highest BCUT2D eigenvalue weighted by atomic mass is 32.2. The Kier molecular flexibility index (Phi) is 3.36. The van der Waals surface area contributed by atoms with Crippen molar-refractivity contribution in [1.82, 2.24) is 0 Å².